The summed E-state index contributed by atoms with van der Waals surface area (Å²) in [6, 6.07) is 2.04. The summed E-state index contributed by atoms with van der Waals surface area (Å²) in [5.41, 5.74) is 6.99. The Balaban J connectivity index is 4.73. The van der Waals surface area contributed by atoms with Crippen molar-refractivity contribution in [2.45, 2.75) is 26.7 Å². The minimum Gasteiger partial charge on any atom is -0.401 e. The number of rotatable bonds is 4. The number of nitrogens with two attached hydrogens (primary N) is 1. The third kappa shape index (κ3) is 2.43. The van der Waals surface area contributed by atoms with Crippen molar-refractivity contribution in [2.24, 2.45) is 11.7 Å². The molecule has 0 unspecified atom stereocenters. The van der Waals surface area contributed by atoms with Gasteiger partial charge in [0, 0.05) is 5.70 Å². The fraction of sp³-hybridized carbons (Fsp3) is 0.500. The van der Waals surface area contributed by atoms with Gasteiger partial charge in [0.05, 0.1) is 5.57 Å². The molecule has 0 saturated heterocycles. The van der Waals surface area contributed by atoms with Crippen LogP contribution in [0.1, 0.15) is 26.7 Å². The average Bonchev–Trinajstić information content (AvgIpc) is 2.09. The van der Waals surface area contributed by atoms with E-state index >= 15 is 0 Å². The summed E-state index contributed by atoms with van der Waals surface area (Å²) >= 11 is 0. The summed E-state index contributed by atoms with van der Waals surface area (Å²) in [6.07, 6.45) is 3.47. The molecule has 66 valence electrons. The van der Waals surface area contributed by atoms with Gasteiger partial charge < -0.3 is 5.73 Å². The highest BCUT2D eigenvalue weighted by Crippen LogP contribution is 2.17. The average molecular weight is 164 g/mol. The largest absolute Gasteiger partial charge is 0.401 e. The van der Waals surface area contributed by atoms with Gasteiger partial charge >= 0.3 is 0 Å². The summed E-state index contributed by atoms with van der Waals surface area (Å²) in [7, 11) is 0. The van der Waals surface area contributed by atoms with Gasteiger partial charge in [-0.25, -0.2) is 0 Å². The molecule has 0 aliphatic carbocycles. The first-order chi connectivity index (χ1) is 5.71. The second kappa shape index (κ2) is 5.42. The molecule has 0 radical (unpaired) electrons. The van der Waals surface area contributed by atoms with Gasteiger partial charge in [-0.3, -0.25) is 0 Å². The van der Waals surface area contributed by atoms with E-state index in [1.807, 2.05) is 6.07 Å². The number of nitrogens with zero attached hydrogens (tertiary/aromatic N) is 1. The Bertz CT molecular complexity index is 216. The van der Waals surface area contributed by atoms with Crippen molar-refractivity contribution in [2.75, 3.05) is 0 Å². The Hall–Kier alpha value is -1.23. The van der Waals surface area contributed by atoms with Crippen LogP contribution in [0.2, 0.25) is 0 Å². The maximum Gasteiger partial charge on any atom is 0.101 e. The van der Waals surface area contributed by atoms with Crippen LogP contribution in [-0.4, -0.2) is 0 Å². The Morgan fingerprint density at radius 2 is 2.08 bits per heavy atom. The molecule has 0 rings (SSSR count). The number of allylic oxidation sites excluding steroid dienone is 3. The van der Waals surface area contributed by atoms with Crippen molar-refractivity contribution in [1.29, 1.82) is 5.26 Å². The normalized spacial score (nSPS) is 12.2. The number of nitriles is 1. The molecule has 0 aliphatic heterocycles. The maximum absolute atomic E-state index is 8.68. The molecular weight excluding hydrogens is 148 g/mol. The van der Waals surface area contributed by atoms with Gasteiger partial charge in [0.2, 0.25) is 0 Å². The Morgan fingerprint density at radius 1 is 1.58 bits per heavy atom. The summed E-state index contributed by atoms with van der Waals surface area (Å²) in [5, 5.41) is 8.68. The van der Waals surface area contributed by atoms with Crippen LogP contribution in [0.3, 0.4) is 0 Å². The zero-order valence-corrected chi connectivity index (χ0v) is 7.80. The Labute approximate surface area is 74.4 Å². The summed E-state index contributed by atoms with van der Waals surface area (Å²) in [4.78, 5) is 0. The van der Waals surface area contributed by atoms with E-state index in [9.17, 15) is 0 Å². The molecule has 0 fully saturated rings. The van der Waals surface area contributed by atoms with Crippen LogP contribution < -0.4 is 5.73 Å². The fourth-order valence-electron chi connectivity index (χ4n) is 1.18. The smallest absolute Gasteiger partial charge is 0.101 e. The summed E-state index contributed by atoms with van der Waals surface area (Å²) in [6.45, 7) is 7.68. The number of hydrogen-bond acceptors (Lipinski definition) is 2. The van der Waals surface area contributed by atoms with Crippen LogP contribution in [0.5, 0.6) is 0 Å². The third-order valence-corrected chi connectivity index (χ3v) is 2.06. The van der Waals surface area contributed by atoms with Gasteiger partial charge in [0.15, 0.2) is 0 Å². The predicted octanol–water partition coefficient (Wildman–Crippen LogP) is 2.34. The molecule has 0 bridgehead atoms. The molecule has 0 atom stereocenters. The van der Waals surface area contributed by atoms with Crippen LogP contribution in [0, 0.1) is 17.2 Å². The van der Waals surface area contributed by atoms with E-state index in [0.29, 0.717) is 17.2 Å². The van der Waals surface area contributed by atoms with Crippen molar-refractivity contribution in [3.63, 3.8) is 0 Å². The lowest BCUT2D eigenvalue weighted by Gasteiger charge is -2.13. The van der Waals surface area contributed by atoms with Crippen LogP contribution in [0.25, 0.3) is 0 Å². The minimum absolute atomic E-state index is 0.317. The topological polar surface area (TPSA) is 49.8 Å². The highest BCUT2D eigenvalue weighted by Gasteiger charge is 2.09. The Morgan fingerprint density at radius 3 is 2.33 bits per heavy atom. The molecule has 12 heavy (non-hydrogen) atoms. The maximum atomic E-state index is 8.68. The minimum atomic E-state index is 0.317. The highest BCUT2D eigenvalue weighted by atomic mass is 14.6. The summed E-state index contributed by atoms with van der Waals surface area (Å²) in [5.74, 6) is 0.317. The molecule has 0 spiro atoms. The van der Waals surface area contributed by atoms with E-state index in [0.717, 1.165) is 12.8 Å². The quantitative estimate of drug-likeness (QED) is 0.512. The van der Waals surface area contributed by atoms with Crippen LogP contribution in [0.15, 0.2) is 23.9 Å². The van der Waals surface area contributed by atoms with Crippen LogP contribution >= 0.6 is 0 Å². The molecular formula is C10H16N2. The van der Waals surface area contributed by atoms with Crippen molar-refractivity contribution < 1.29 is 0 Å². The monoisotopic (exact) mass is 164 g/mol. The zero-order valence-electron chi connectivity index (χ0n) is 7.80. The van der Waals surface area contributed by atoms with E-state index in [1.165, 1.54) is 6.08 Å². The first-order valence-corrected chi connectivity index (χ1v) is 4.23. The molecule has 0 heterocycles. The van der Waals surface area contributed by atoms with E-state index in [4.69, 9.17) is 11.0 Å². The van der Waals surface area contributed by atoms with Crippen molar-refractivity contribution in [3.8, 4) is 6.07 Å². The fourth-order valence-corrected chi connectivity index (χ4v) is 1.18. The van der Waals surface area contributed by atoms with Gasteiger partial charge in [-0.2, -0.15) is 5.26 Å². The van der Waals surface area contributed by atoms with Gasteiger partial charge in [-0.05, 0) is 24.8 Å². The first-order valence-electron chi connectivity index (χ1n) is 4.23. The summed E-state index contributed by atoms with van der Waals surface area (Å²) < 4.78 is 0. The SMILES string of the molecule is C=C/C(C#N)=C(/N)C(CC)CC. The van der Waals surface area contributed by atoms with E-state index in [1.54, 1.807) is 0 Å². The third-order valence-electron chi connectivity index (χ3n) is 2.06. The molecule has 0 aromatic rings. The zero-order chi connectivity index (χ0) is 9.56. The molecule has 2 nitrogen and oxygen atoms in total. The molecule has 0 amide bonds. The van der Waals surface area contributed by atoms with Gasteiger partial charge in [0.1, 0.15) is 6.07 Å². The second-order valence-electron chi connectivity index (χ2n) is 2.70. The molecule has 2 heteroatoms. The highest BCUT2D eigenvalue weighted by molar-refractivity contribution is 5.36. The van der Waals surface area contributed by atoms with Gasteiger partial charge in [-0.15, -0.1) is 0 Å². The van der Waals surface area contributed by atoms with Crippen molar-refractivity contribution in [3.05, 3.63) is 23.9 Å². The van der Waals surface area contributed by atoms with Crippen molar-refractivity contribution >= 4 is 0 Å². The lowest BCUT2D eigenvalue weighted by Crippen LogP contribution is -2.12. The second-order valence-corrected chi connectivity index (χ2v) is 2.70. The molecule has 2 N–H and O–H groups in total. The van der Waals surface area contributed by atoms with E-state index in [-0.39, 0.29) is 0 Å². The Kier molecular flexibility index (Phi) is 4.87. The van der Waals surface area contributed by atoms with E-state index in [2.05, 4.69) is 20.4 Å². The van der Waals surface area contributed by atoms with Gasteiger partial charge in [0.25, 0.3) is 0 Å². The van der Waals surface area contributed by atoms with Crippen LogP contribution in [0.4, 0.5) is 0 Å². The first kappa shape index (κ1) is 10.8. The molecule has 0 saturated carbocycles. The predicted molar refractivity (Wildman–Crippen MR) is 51.1 cm³/mol. The number of hydrogen-bond donors (Lipinski definition) is 1. The standard InChI is InChI=1S/C10H16N2/c1-4-8(5-2)10(12)9(6-3)7-11/h6,8H,3-5,12H2,1-2H3/b10-9-. The van der Waals surface area contributed by atoms with Gasteiger partial charge in [-0.1, -0.05) is 20.4 Å². The van der Waals surface area contributed by atoms with Crippen molar-refractivity contribution in [1.82, 2.24) is 0 Å². The van der Waals surface area contributed by atoms with Crippen LogP contribution in [-0.2, 0) is 0 Å². The van der Waals surface area contributed by atoms with E-state index < -0.39 is 0 Å². The molecule has 0 aromatic carbocycles. The molecule has 0 aliphatic rings. The molecule has 0 aromatic heterocycles. The lowest BCUT2D eigenvalue weighted by atomic mass is 9.96. The lowest BCUT2D eigenvalue weighted by molar-refractivity contribution is 0.564.